The van der Waals surface area contributed by atoms with E-state index in [-0.39, 0.29) is 5.02 Å². The summed E-state index contributed by atoms with van der Waals surface area (Å²) in [6, 6.07) is 10.3. The lowest BCUT2D eigenvalue weighted by atomic mass is 10.1. The maximum atomic E-state index is 13.0. The summed E-state index contributed by atoms with van der Waals surface area (Å²) in [4.78, 5) is 0. The highest BCUT2D eigenvalue weighted by molar-refractivity contribution is 6.31. The van der Waals surface area contributed by atoms with Crippen molar-refractivity contribution in [2.45, 2.75) is 13.5 Å². The maximum absolute atomic E-state index is 13.0. The summed E-state index contributed by atoms with van der Waals surface area (Å²) in [5, 5.41) is 4.07. The van der Waals surface area contributed by atoms with Crippen molar-refractivity contribution in [1.82, 2.24) is 0 Å². The largest absolute Gasteiger partial charge is 0.381 e. The zero-order valence-electron chi connectivity index (χ0n) is 9.81. The van der Waals surface area contributed by atoms with Gasteiger partial charge in [-0.2, -0.15) is 0 Å². The van der Waals surface area contributed by atoms with Crippen LogP contribution in [0.25, 0.3) is 0 Å². The molecular weight excluding hydrogens is 272 g/mol. The third kappa shape index (κ3) is 3.15. The summed E-state index contributed by atoms with van der Waals surface area (Å²) in [6.45, 7) is 2.57. The molecule has 0 fully saturated rings. The molecule has 0 bridgehead atoms. The van der Waals surface area contributed by atoms with Crippen LogP contribution in [-0.2, 0) is 6.54 Å². The molecule has 0 aliphatic heterocycles. The van der Waals surface area contributed by atoms with Gasteiger partial charge < -0.3 is 5.32 Å². The van der Waals surface area contributed by atoms with Gasteiger partial charge in [0.15, 0.2) is 0 Å². The Kier molecular flexibility index (Phi) is 4.10. The normalized spacial score (nSPS) is 10.4. The van der Waals surface area contributed by atoms with Gasteiger partial charge in [0.1, 0.15) is 5.82 Å². The predicted molar refractivity (Wildman–Crippen MR) is 74.9 cm³/mol. The van der Waals surface area contributed by atoms with Crippen LogP contribution in [-0.4, -0.2) is 0 Å². The van der Waals surface area contributed by atoms with E-state index in [4.69, 9.17) is 23.2 Å². The number of benzene rings is 2. The minimum absolute atomic E-state index is 0.136. The Hall–Kier alpha value is -1.25. The first-order chi connectivity index (χ1) is 8.56. The first-order valence-electron chi connectivity index (χ1n) is 5.50. The molecule has 2 rings (SSSR count). The Morgan fingerprint density at radius 2 is 1.89 bits per heavy atom. The van der Waals surface area contributed by atoms with Gasteiger partial charge in [0.05, 0.1) is 5.02 Å². The topological polar surface area (TPSA) is 12.0 Å². The lowest BCUT2D eigenvalue weighted by Crippen LogP contribution is -2.01. The van der Waals surface area contributed by atoms with Crippen LogP contribution < -0.4 is 5.32 Å². The number of rotatable bonds is 3. The van der Waals surface area contributed by atoms with Crippen LogP contribution in [0.1, 0.15) is 11.1 Å². The molecule has 0 heterocycles. The van der Waals surface area contributed by atoms with Crippen LogP contribution in [0.2, 0.25) is 10.0 Å². The van der Waals surface area contributed by atoms with Crippen molar-refractivity contribution < 1.29 is 4.39 Å². The van der Waals surface area contributed by atoms with Crippen molar-refractivity contribution in [2.24, 2.45) is 0 Å². The van der Waals surface area contributed by atoms with Gasteiger partial charge in [-0.25, -0.2) is 4.39 Å². The number of aryl methyl sites for hydroxylation is 1. The Balaban J connectivity index is 2.11. The summed E-state index contributed by atoms with van der Waals surface area (Å²) >= 11 is 11.7. The van der Waals surface area contributed by atoms with Crippen LogP contribution in [0, 0.1) is 12.7 Å². The van der Waals surface area contributed by atoms with Gasteiger partial charge in [-0.1, -0.05) is 35.3 Å². The molecule has 0 amide bonds. The van der Waals surface area contributed by atoms with Gasteiger partial charge in [0, 0.05) is 17.3 Å². The zero-order chi connectivity index (χ0) is 13.1. The molecule has 0 aliphatic rings. The quantitative estimate of drug-likeness (QED) is 0.831. The zero-order valence-corrected chi connectivity index (χ0v) is 11.3. The van der Waals surface area contributed by atoms with Crippen molar-refractivity contribution in [3.63, 3.8) is 0 Å². The Labute approximate surface area is 116 Å². The third-order valence-electron chi connectivity index (χ3n) is 2.67. The molecule has 2 aromatic carbocycles. The highest BCUT2D eigenvalue weighted by atomic mass is 35.5. The first kappa shape index (κ1) is 13.2. The Morgan fingerprint density at radius 3 is 2.61 bits per heavy atom. The van der Waals surface area contributed by atoms with Gasteiger partial charge in [0.25, 0.3) is 0 Å². The van der Waals surface area contributed by atoms with Crippen LogP contribution in [0.15, 0.2) is 36.4 Å². The van der Waals surface area contributed by atoms with E-state index in [0.29, 0.717) is 11.6 Å². The van der Waals surface area contributed by atoms with Gasteiger partial charge in [-0.15, -0.1) is 0 Å². The van der Waals surface area contributed by atoms with Gasteiger partial charge in [-0.3, -0.25) is 0 Å². The third-order valence-corrected chi connectivity index (χ3v) is 3.19. The molecular formula is C14H12Cl2FN. The molecule has 1 nitrogen and oxygen atoms in total. The summed E-state index contributed by atoms with van der Waals surface area (Å²) in [5.41, 5.74) is 2.98. The number of nitrogens with one attached hydrogen (secondary N) is 1. The van der Waals surface area contributed by atoms with Crippen molar-refractivity contribution in [3.8, 4) is 0 Å². The molecule has 18 heavy (non-hydrogen) atoms. The first-order valence-corrected chi connectivity index (χ1v) is 6.26. The van der Waals surface area contributed by atoms with Crippen molar-refractivity contribution in [1.29, 1.82) is 0 Å². The second-order valence-electron chi connectivity index (χ2n) is 4.06. The summed E-state index contributed by atoms with van der Waals surface area (Å²) in [5.74, 6) is -0.403. The Bertz CT molecular complexity index is 570. The molecule has 0 spiro atoms. The van der Waals surface area contributed by atoms with E-state index < -0.39 is 5.82 Å². The van der Waals surface area contributed by atoms with E-state index in [2.05, 4.69) is 5.32 Å². The fourth-order valence-corrected chi connectivity index (χ4v) is 2.01. The predicted octanol–water partition coefficient (Wildman–Crippen LogP) is 5.05. The van der Waals surface area contributed by atoms with E-state index in [9.17, 15) is 4.39 Å². The number of hydrogen-bond donors (Lipinski definition) is 1. The van der Waals surface area contributed by atoms with Crippen molar-refractivity contribution >= 4 is 28.9 Å². The van der Waals surface area contributed by atoms with E-state index in [1.807, 2.05) is 25.1 Å². The fraction of sp³-hybridized carbons (Fsp3) is 0.143. The molecule has 0 radical (unpaired) electrons. The highest BCUT2D eigenvalue weighted by Crippen LogP contribution is 2.22. The van der Waals surface area contributed by atoms with Crippen LogP contribution >= 0.6 is 23.2 Å². The molecule has 2 aromatic rings. The monoisotopic (exact) mass is 283 g/mol. The smallest absolute Gasteiger partial charge is 0.141 e. The maximum Gasteiger partial charge on any atom is 0.141 e. The SMILES string of the molecule is Cc1ccc(Cl)cc1NCc1ccc(F)c(Cl)c1. The molecule has 94 valence electrons. The second-order valence-corrected chi connectivity index (χ2v) is 4.90. The molecule has 4 heteroatoms. The van der Waals surface area contributed by atoms with Gasteiger partial charge in [-0.05, 0) is 42.3 Å². The number of hydrogen-bond acceptors (Lipinski definition) is 1. The summed E-state index contributed by atoms with van der Waals surface area (Å²) in [6.07, 6.45) is 0. The molecule has 0 aliphatic carbocycles. The van der Waals surface area contributed by atoms with Crippen molar-refractivity contribution in [2.75, 3.05) is 5.32 Å². The molecule has 0 saturated heterocycles. The fourth-order valence-electron chi connectivity index (χ4n) is 1.63. The van der Waals surface area contributed by atoms with Crippen LogP contribution in [0.4, 0.5) is 10.1 Å². The highest BCUT2D eigenvalue weighted by Gasteiger charge is 2.02. The molecule has 0 saturated carbocycles. The lowest BCUT2D eigenvalue weighted by molar-refractivity contribution is 0.627. The lowest BCUT2D eigenvalue weighted by Gasteiger charge is -2.10. The molecule has 0 unspecified atom stereocenters. The summed E-state index contributed by atoms with van der Waals surface area (Å²) in [7, 11) is 0. The number of anilines is 1. The van der Waals surface area contributed by atoms with Gasteiger partial charge >= 0.3 is 0 Å². The van der Waals surface area contributed by atoms with Crippen LogP contribution in [0.3, 0.4) is 0 Å². The molecule has 0 atom stereocenters. The van der Waals surface area contributed by atoms with E-state index in [1.165, 1.54) is 6.07 Å². The summed E-state index contributed by atoms with van der Waals surface area (Å²) < 4.78 is 13.0. The van der Waals surface area contributed by atoms with E-state index >= 15 is 0 Å². The molecule has 1 N–H and O–H groups in total. The van der Waals surface area contributed by atoms with E-state index in [0.717, 1.165) is 16.8 Å². The van der Waals surface area contributed by atoms with Crippen molar-refractivity contribution in [3.05, 3.63) is 63.4 Å². The average molecular weight is 284 g/mol. The van der Waals surface area contributed by atoms with Gasteiger partial charge in [0.2, 0.25) is 0 Å². The number of halogens is 3. The minimum atomic E-state index is -0.403. The molecule has 0 aromatic heterocycles. The Morgan fingerprint density at radius 1 is 1.11 bits per heavy atom. The standard InChI is InChI=1S/C14H12Cl2FN/c1-9-2-4-11(15)7-14(9)18-8-10-3-5-13(17)12(16)6-10/h2-7,18H,8H2,1H3. The second kappa shape index (κ2) is 5.59. The van der Waals surface area contributed by atoms with E-state index in [1.54, 1.807) is 12.1 Å². The average Bonchev–Trinajstić information content (AvgIpc) is 2.34. The minimum Gasteiger partial charge on any atom is -0.381 e. The van der Waals surface area contributed by atoms with Crippen LogP contribution in [0.5, 0.6) is 0 Å².